The molecule has 0 amide bonds. The minimum absolute atomic E-state index is 0.213. The van der Waals surface area contributed by atoms with E-state index in [4.69, 9.17) is 27.4 Å². The maximum absolute atomic E-state index is 13.8. The minimum Gasteiger partial charge on any atom is -0.440 e. The van der Waals surface area contributed by atoms with E-state index in [1.165, 1.54) is 0 Å². The first-order valence-corrected chi connectivity index (χ1v) is 9.14. The fourth-order valence-electron chi connectivity index (χ4n) is 2.49. The Morgan fingerprint density at radius 3 is 2.35 bits per heavy atom. The van der Waals surface area contributed by atoms with E-state index in [0.717, 1.165) is 0 Å². The van der Waals surface area contributed by atoms with Crippen LogP contribution in [0.4, 0.5) is 4.39 Å². The Balaban J connectivity index is 2.75. The smallest absolute Gasteiger partial charge is 0.321 e. The molecule has 0 bridgehead atoms. The second-order valence-corrected chi connectivity index (χ2v) is 7.76. The van der Waals surface area contributed by atoms with Gasteiger partial charge in [0.25, 0.3) is 0 Å². The molecule has 0 aromatic rings. The van der Waals surface area contributed by atoms with Gasteiger partial charge in [-0.3, -0.25) is 0 Å². The molecule has 0 spiro atoms. The molecule has 0 saturated carbocycles. The Morgan fingerprint density at radius 2 is 1.96 bits per heavy atom. The minimum atomic E-state index is -1.40. The van der Waals surface area contributed by atoms with Crippen molar-refractivity contribution >= 4 is 16.4 Å². The highest BCUT2D eigenvalue weighted by atomic mass is 31.2. The quantitative estimate of drug-likeness (QED) is 0.395. The molecule has 2 radical (unpaired) electrons. The van der Waals surface area contributed by atoms with Crippen LogP contribution in [0.15, 0.2) is 12.3 Å². The molecule has 0 aromatic heterocycles. The molecule has 1 aliphatic heterocycles. The molecular formula is C15H29BFN2O3P. The highest BCUT2D eigenvalue weighted by molar-refractivity contribution is 7.44. The number of nitrogens with zero attached hydrogens (tertiary/aromatic N) is 1. The van der Waals surface area contributed by atoms with Crippen LogP contribution in [-0.4, -0.2) is 56.0 Å². The summed E-state index contributed by atoms with van der Waals surface area (Å²) in [6.07, 6.45) is -1.57. The zero-order valence-corrected chi connectivity index (χ0v) is 15.6. The molecule has 2 N–H and O–H groups in total. The van der Waals surface area contributed by atoms with E-state index in [9.17, 15) is 4.39 Å². The van der Waals surface area contributed by atoms with Crippen LogP contribution >= 0.6 is 8.53 Å². The van der Waals surface area contributed by atoms with E-state index >= 15 is 0 Å². The van der Waals surface area contributed by atoms with Gasteiger partial charge in [0.1, 0.15) is 19.8 Å². The molecule has 8 heteroatoms. The highest BCUT2D eigenvalue weighted by Crippen LogP contribution is 2.48. The summed E-state index contributed by atoms with van der Waals surface area (Å²) in [6, 6.07) is -0.467. The van der Waals surface area contributed by atoms with Gasteiger partial charge < -0.3 is 19.5 Å². The summed E-state index contributed by atoms with van der Waals surface area (Å²) in [5, 5.41) is 0. The predicted molar refractivity (Wildman–Crippen MR) is 92.7 cm³/mol. The lowest BCUT2D eigenvalue weighted by atomic mass is 9.90. The Morgan fingerprint density at radius 1 is 1.39 bits per heavy atom. The summed E-state index contributed by atoms with van der Waals surface area (Å²) >= 11 is 0. The van der Waals surface area contributed by atoms with Gasteiger partial charge in [0.2, 0.25) is 0 Å². The van der Waals surface area contributed by atoms with Gasteiger partial charge in [0, 0.05) is 24.0 Å². The fraction of sp³-hybridized carbons (Fsp3) is 0.867. The molecular weight excluding hydrogens is 317 g/mol. The summed E-state index contributed by atoms with van der Waals surface area (Å²) in [5.41, 5.74) is 5.57. The lowest BCUT2D eigenvalue weighted by Crippen LogP contribution is -2.34. The van der Waals surface area contributed by atoms with Crippen LogP contribution in [0, 0.1) is 5.92 Å². The van der Waals surface area contributed by atoms with Crippen molar-refractivity contribution in [1.29, 1.82) is 0 Å². The lowest BCUT2D eigenvalue weighted by molar-refractivity contribution is 0.0306. The van der Waals surface area contributed by atoms with Gasteiger partial charge in [-0.25, -0.2) is 9.06 Å². The standard InChI is InChI=1S/C15H29BFN2O3P/c1-9(2)19(10(3)4)23(22-11(5)7-18)20-8-13-12(6)14(17)15(16)21-13/h9-10,12-15H,5,7-8,18H2,1-4,6H3/t12?,13-,14+,15-,23?/m1/s1. The first kappa shape index (κ1) is 20.8. The summed E-state index contributed by atoms with van der Waals surface area (Å²) in [5.74, 6) is 0.147. The van der Waals surface area contributed by atoms with Crippen LogP contribution in [0.5, 0.6) is 0 Å². The van der Waals surface area contributed by atoms with Gasteiger partial charge in [-0.2, -0.15) is 0 Å². The van der Waals surface area contributed by atoms with Gasteiger partial charge in [-0.15, -0.1) is 0 Å². The van der Waals surface area contributed by atoms with Crippen molar-refractivity contribution in [2.24, 2.45) is 11.7 Å². The number of hydrogen-bond donors (Lipinski definition) is 1. The third kappa shape index (κ3) is 5.68. The number of nitrogens with two attached hydrogens (primary N) is 1. The van der Waals surface area contributed by atoms with E-state index in [1.807, 2.05) is 0 Å². The summed E-state index contributed by atoms with van der Waals surface area (Å²) in [7, 11) is 4.20. The molecule has 0 aromatic carbocycles. The lowest BCUT2D eigenvalue weighted by Gasteiger charge is -2.36. The monoisotopic (exact) mass is 346 g/mol. The van der Waals surface area contributed by atoms with Crippen molar-refractivity contribution in [3.8, 4) is 0 Å². The maximum atomic E-state index is 13.8. The van der Waals surface area contributed by atoms with Gasteiger partial charge in [-0.1, -0.05) is 13.5 Å². The van der Waals surface area contributed by atoms with Gasteiger partial charge in [0.15, 0.2) is 0 Å². The summed E-state index contributed by atoms with van der Waals surface area (Å²) < 4.78 is 33.1. The molecule has 132 valence electrons. The summed E-state index contributed by atoms with van der Waals surface area (Å²) in [4.78, 5) is 0. The first-order chi connectivity index (χ1) is 10.7. The largest absolute Gasteiger partial charge is 0.440 e. The molecule has 2 unspecified atom stereocenters. The van der Waals surface area contributed by atoms with Gasteiger partial charge >= 0.3 is 8.53 Å². The predicted octanol–water partition coefficient (Wildman–Crippen LogP) is 2.71. The number of ether oxygens (including phenoxy) is 1. The average molecular weight is 346 g/mol. The number of hydrogen-bond acceptors (Lipinski definition) is 5. The topological polar surface area (TPSA) is 57.0 Å². The Hall–Kier alpha value is -0.195. The Kier molecular flexibility index (Phi) is 8.46. The molecule has 1 fully saturated rings. The van der Waals surface area contributed by atoms with Gasteiger partial charge in [-0.05, 0) is 27.7 Å². The van der Waals surface area contributed by atoms with Crippen molar-refractivity contribution in [2.45, 2.75) is 65.0 Å². The van der Waals surface area contributed by atoms with Crippen molar-refractivity contribution in [1.82, 2.24) is 4.67 Å². The molecule has 0 aliphatic carbocycles. The van der Waals surface area contributed by atoms with E-state index in [0.29, 0.717) is 5.76 Å². The van der Waals surface area contributed by atoms with Crippen LogP contribution in [0.3, 0.4) is 0 Å². The Bertz CT molecular complexity index is 382. The molecule has 23 heavy (non-hydrogen) atoms. The summed E-state index contributed by atoms with van der Waals surface area (Å²) in [6.45, 7) is 14.3. The van der Waals surface area contributed by atoms with Crippen LogP contribution in [-0.2, 0) is 13.8 Å². The number of rotatable bonds is 9. The molecule has 5 nitrogen and oxygen atoms in total. The van der Waals surface area contributed by atoms with Crippen molar-refractivity contribution in [2.75, 3.05) is 13.2 Å². The van der Waals surface area contributed by atoms with Crippen LogP contribution < -0.4 is 5.73 Å². The fourth-order valence-corrected chi connectivity index (χ4v) is 4.10. The van der Waals surface area contributed by atoms with E-state index in [2.05, 4.69) is 38.9 Å². The normalized spacial score (nSPS) is 29.5. The van der Waals surface area contributed by atoms with E-state index in [1.54, 1.807) is 6.92 Å². The van der Waals surface area contributed by atoms with Crippen molar-refractivity contribution in [3.63, 3.8) is 0 Å². The molecule has 5 atom stereocenters. The second-order valence-electron chi connectivity index (χ2n) is 6.38. The van der Waals surface area contributed by atoms with Crippen LogP contribution in [0.2, 0.25) is 0 Å². The van der Waals surface area contributed by atoms with Crippen molar-refractivity contribution in [3.05, 3.63) is 12.3 Å². The van der Waals surface area contributed by atoms with Crippen LogP contribution in [0.1, 0.15) is 34.6 Å². The maximum Gasteiger partial charge on any atom is 0.321 e. The molecule has 1 heterocycles. The average Bonchev–Trinajstić information content (AvgIpc) is 2.71. The van der Waals surface area contributed by atoms with E-state index in [-0.39, 0.29) is 37.3 Å². The third-order valence-electron chi connectivity index (χ3n) is 3.77. The molecule has 1 rings (SSSR count). The van der Waals surface area contributed by atoms with Gasteiger partial charge in [0.05, 0.1) is 19.3 Å². The molecule has 1 aliphatic rings. The van der Waals surface area contributed by atoms with Crippen LogP contribution in [0.25, 0.3) is 0 Å². The number of alkyl halides is 1. The SMILES string of the molecule is [B][C@@H]1O[C@H](COP(OC(=C)CN)N(C(C)C)C(C)C)C(C)[C@@H]1F. The Labute approximate surface area is 142 Å². The molecule has 1 saturated heterocycles. The highest BCUT2D eigenvalue weighted by Gasteiger charge is 2.40. The zero-order chi connectivity index (χ0) is 17.7. The second kappa shape index (κ2) is 9.33. The third-order valence-corrected chi connectivity index (χ3v) is 5.85. The van der Waals surface area contributed by atoms with E-state index < -0.39 is 20.7 Å². The van der Waals surface area contributed by atoms with Crippen molar-refractivity contribution < 1.29 is 18.2 Å². The first-order valence-electron chi connectivity index (χ1n) is 8.01. The number of halogens is 1. The zero-order valence-electron chi connectivity index (χ0n) is 14.7.